The third kappa shape index (κ3) is 10.4. The largest absolute Gasteiger partial charge is 0.507 e. The van der Waals surface area contributed by atoms with Crippen LogP contribution < -0.4 is 0 Å². The standard InChI is InChI=1S/2C20H22N2O2/c2*23-19-7-3-1-5-15(19)13-21-17-9-11-18(12-10-17)22-14-16-6-2-4-8-20(16)24/h2*1-8,13-14,17-18,23-24H,9-12H2. The fourth-order valence-corrected chi connectivity index (χ4v) is 5.84. The lowest BCUT2D eigenvalue weighted by Gasteiger charge is -2.23. The molecule has 4 aromatic rings. The number of phenolic OH excluding ortho intramolecular Hbond substituents is 4. The van der Waals surface area contributed by atoms with Crippen molar-refractivity contribution in [3.63, 3.8) is 0 Å². The number of hydrogen-bond acceptors (Lipinski definition) is 8. The first kappa shape index (κ1) is 34.1. The fourth-order valence-electron chi connectivity index (χ4n) is 5.84. The maximum atomic E-state index is 9.75. The molecule has 0 aliphatic heterocycles. The molecule has 0 bridgehead atoms. The Morgan fingerprint density at radius 2 is 0.521 bits per heavy atom. The molecule has 4 aromatic carbocycles. The van der Waals surface area contributed by atoms with Gasteiger partial charge in [-0.1, -0.05) is 48.5 Å². The van der Waals surface area contributed by atoms with Gasteiger partial charge in [0.2, 0.25) is 0 Å². The molecular formula is C40H44N4O4. The van der Waals surface area contributed by atoms with E-state index in [2.05, 4.69) is 20.0 Å². The van der Waals surface area contributed by atoms with Gasteiger partial charge in [0, 0.05) is 47.1 Å². The Morgan fingerprint density at radius 3 is 0.708 bits per heavy atom. The number of hydrogen-bond donors (Lipinski definition) is 4. The van der Waals surface area contributed by atoms with E-state index in [9.17, 15) is 20.4 Å². The molecule has 6 rings (SSSR count). The second-order valence-electron chi connectivity index (χ2n) is 12.3. The van der Waals surface area contributed by atoms with Crippen molar-refractivity contribution in [3.8, 4) is 23.0 Å². The summed E-state index contributed by atoms with van der Waals surface area (Å²) in [5, 5.41) is 39.0. The third-order valence-corrected chi connectivity index (χ3v) is 8.78. The number of benzene rings is 4. The predicted molar refractivity (Wildman–Crippen MR) is 195 cm³/mol. The maximum absolute atomic E-state index is 9.75. The monoisotopic (exact) mass is 644 g/mol. The van der Waals surface area contributed by atoms with E-state index in [-0.39, 0.29) is 23.0 Å². The normalized spacial score (nSPS) is 21.5. The van der Waals surface area contributed by atoms with Crippen LogP contribution in [0.1, 0.15) is 73.6 Å². The van der Waals surface area contributed by atoms with Crippen molar-refractivity contribution in [1.29, 1.82) is 0 Å². The van der Waals surface area contributed by atoms with E-state index in [1.165, 1.54) is 0 Å². The minimum Gasteiger partial charge on any atom is -0.507 e. The Morgan fingerprint density at radius 1 is 0.333 bits per heavy atom. The Labute approximate surface area is 282 Å². The summed E-state index contributed by atoms with van der Waals surface area (Å²) < 4.78 is 0. The van der Waals surface area contributed by atoms with Gasteiger partial charge in [-0.2, -0.15) is 0 Å². The molecule has 2 saturated carbocycles. The molecule has 2 fully saturated rings. The summed E-state index contributed by atoms with van der Waals surface area (Å²) in [6.07, 6.45) is 15.0. The van der Waals surface area contributed by atoms with Crippen molar-refractivity contribution in [2.75, 3.05) is 0 Å². The highest BCUT2D eigenvalue weighted by atomic mass is 16.3. The van der Waals surface area contributed by atoms with Gasteiger partial charge in [0.25, 0.3) is 0 Å². The number of aromatic hydroxyl groups is 4. The smallest absolute Gasteiger partial charge is 0.124 e. The predicted octanol–water partition coefficient (Wildman–Crippen LogP) is 7.89. The first-order valence-electron chi connectivity index (χ1n) is 16.7. The van der Waals surface area contributed by atoms with Crippen LogP contribution in [0.25, 0.3) is 0 Å². The van der Waals surface area contributed by atoms with E-state index >= 15 is 0 Å². The molecular weight excluding hydrogens is 600 g/mol. The van der Waals surface area contributed by atoms with Crippen molar-refractivity contribution in [2.45, 2.75) is 75.5 Å². The Balaban J connectivity index is 0.000000188. The van der Waals surface area contributed by atoms with Gasteiger partial charge in [0.1, 0.15) is 23.0 Å². The SMILES string of the molecule is Oc1ccccc1C=NC1CCC(N=Cc2ccccc2O)CC1.Oc1ccccc1C=NC1CCC(N=Cc2ccccc2O)CC1. The van der Waals surface area contributed by atoms with Crippen molar-refractivity contribution in [3.05, 3.63) is 119 Å². The molecule has 0 aromatic heterocycles. The molecule has 4 N–H and O–H groups in total. The van der Waals surface area contributed by atoms with Crippen molar-refractivity contribution in [1.82, 2.24) is 0 Å². The zero-order valence-corrected chi connectivity index (χ0v) is 27.1. The van der Waals surface area contributed by atoms with Crippen LogP contribution in [-0.2, 0) is 0 Å². The third-order valence-electron chi connectivity index (χ3n) is 8.78. The second kappa shape index (κ2) is 17.6. The summed E-state index contributed by atoms with van der Waals surface area (Å²) in [6, 6.07) is 30.1. The Kier molecular flexibility index (Phi) is 12.5. The molecule has 2 aliphatic rings. The number of rotatable bonds is 8. The first-order valence-corrected chi connectivity index (χ1v) is 16.7. The lowest BCUT2D eigenvalue weighted by atomic mass is 9.92. The highest BCUT2D eigenvalue weighted by Crippen LogP contribution is 2.26. The van der Waals surface area contributed by atoms with Crippen LogP contribution >= 0.6 is 0 Å². The number of para-hydroxylation sites is 4. The number of nitrogens with zero attached hydrogens (tertiary/aromatic N) is 4. The molecule has 0 spiro atoms. The highest BCUT2D eigenvalue weighted by molar-refractivity contribution is 5.85. The maximum Gasteiger partial charge on any atom is 0.124 e. The second-order valence-corrected chi connectivity index (χ2v) is 12.3. The molecule has 8 nitrogen and oxygen atoms in total. The van der Waals surface area contributed by atoms with Gasteiger partial charge in [-0.3, -0.25) is 20.0 Å². The van der Waals surface area contributed by atoms with Crippen LogP contribution in [0.2, 0.25) is 0 Å². The van der Waals surface area contributed by atoms with E-state index in [1.807, 2.05) is 48.5 Å². The Bertz CT molecular complexity index is 1460. The fraction of sp³-hybridized carbons (Fsp3) is 0.300. The Hall–Kier alpha value is -5.24. The van der Waals surface area contributed by atoms with Crippen LogP contribution in [0.3, 0.4) is 0 Å². The zero-order chi connectivity index (χ0) is 33.6. The van der Waals surface area contributed by atoms with E-state index in [0.717, 1.165) is 73.6 Å². The minimum atomic E-state index is 0.266. The van der Waals surface area contributed by atoms with Gasteiger partial charge >= 0.3 is 0 Å². The lowest BCUT2D eigenvalue weighted by molar-refractivity contribution is 0.399. The van der Waals surface area contributed by atoms with Crippen molar-refractivity contribution >= 4 is 24.9 Å². The summed E-state index contributed by atoms with van der Waals surface area (Å²) in [5.74, 6) is 1.06. The molecule has 8 heteroatoms. The molecule has 0 radical (unpaired) electrons. The lowest BCUT2D eigenvalue weighted by Crippen LogP contribution is -2.20. The van der Waals surface area contributed by atoms with Crippen LogP contribution in [0.15, 0.2) is 117 Å². The summed E-state index contributed by atoms with van der Waals surface area (Å²) >= 11 is 0. The number of aliphatic imine (C=N–C) groups is 4. The summed E-state index contributed by atoms with van der Waals surface area (Å²) in [6.45, 7) is 0. The van der Waals surface area contributed by atoms with Crippen LogP contribution in [-0.4, -0.2) is 69.5 Å². The van der Waals surface area contributed by atoms with Crippen LogP contribution in [0.4, 0.5) is 0 Å². The van der Waals surface area contributed by atoms with Gasteiger partial charge in [-0.05, 0) is 99.9 Å². The molecule has 0 heterocycles. The number of phenols is 4. The van der Waals surface area contributed by atoms with Gasteiger partial charge < -0.3 is 20.4 Å². The first-order chi connectivity index (χ1) is 23.4. The molecule has 0 amide bonds. The summed E-state index contributed by atoms with van der Waals surface area (Å²) in [5.41, 5.74) is 3.05. The molecule has 48 heavy (non-hydrogen) atoms. The van der Waals surface area contributed by atoms with Gasteiger partial charge in [-0.25, -0.2) is 0 Å². The average Bonchev–Trinajstić information content (AvgIpc) is 3.11. The van der Waals surface area contributed by atoms with Gasteiger partial charge in [-0.15, -0.1) is 0 Å². The minimum absolute atomic E-state index is 0.266. The van der Waals surface area contributed by atoms with E-state index < -0.39 is 0 Å². The molecule has 0 unspecified atom stereocenters. The molecule has 2 aliphatic carbocycles. The van der Waals surface area contributed by atoms with E-state index in [4.69, 9.17) is 0 Å². The van der Waals surface area contributed by atoms with Crippen molar-refractivity contribution < 1.29 is 20.4 Å². The average molecular weight is 645 g/mol. The quantitative estimate of drug-likeness (QED) is 0.145. The van der Waals surface area contributed by atoms with Gasteiger partial charge in [0.05, 0.1) is 24.2 Å². The zero-order valence-electron chi connectivity index (χ0n) is 27.1. The van der Waals surface area contributed by atoms with Gasteiger partial charge in [0.15, 0.2) is 0 Å². The molecule has 0 atom stereocenters. The topological polar surface area (TPSA) is 130 Å². The van der Waals surface area contributed by atoms with E-state index in [0.29, 0.717) is 24.2 Å². The van der Waals surface area contributed by atoms with Crippen LogP contribution in [0, 0.1) is 0 Å². The summed E-state index contributed by atoms with van der Waals surface area (Å²) in [7, 11) is 0. The molecule has 0 saturated heterocycles. The van der Waals surface area contributed by atoms with E-state index in [1.54, 1.807) is 73.4 Å². The highest BCUT2D eigenvalue weighted by Gasteiger charge is 2.20. The van der Waals surface area contributed by atoms with Crippen LogP contribution in [0.5, 0.6) is 23.0 Å². The summed E-state index contributed by atoms with van der Waals surface area (Å²) in [4.78, 5) is 18.4. The van der Waals surface area contributed by atoms with Crippen molar-refractivity contribution in [2.24, 2.45) is 20.0 Å². The molecule has 248 valence electrons.